The average Bonchev–Trinajstić information content (AvgIpc) is 2.94. The second-order valence-electron chi connectivity index (χ2n) is 9.12. The quantitative estimate of drug-likeness (QED) is 0.431. The number of benzene rings is 2. The lowest BCUT2D eigenvalue weighted by Crippen LogP contribution is -2.47. The molecule has 0 unspecified atom stereocenters. The van der Waals surface area contributed by atoms with Gasteiger partial charge in [-0.3, -0.25) is 14.6 Å². The Morgan fingerprint density at radius 3 is 2.51 bits per heavy atom. The highest BCUT2D eigenvalue weighted by atomic mass is 16.5. The van der Waals surface area contributed by atoms with E-state index in [1.807, 2.05) is 55.5 Å². The monoisotopic (exact) mass is 502 g/mol. The summed E-state index contributed by atoms with van der Waals surface area (Å²) in [4.78, 5) is 37.7. The summed E-state index contributed by atoms with van der Waals surface area (Å²) in [5.41, 5.74) is 1.70. The Kier molecular flexibility index (Phi) is 9.08. The van der Waals surface area contributed by atoms with E-state index >= 15 is 0 Å². The lowest BCUT2D eigenvalue weighted by molar-refractivity contribution is -0.127. The van der Waals surface area contributed by atoms with E-state index in [0.717, 1.165) is 31.2 Å². The van der Waals surface area contributed by atoms with Gasteiger partial charge >= 0.3 is 0 Å². The molecule has 1 aromatic heterocycles. The van der Waals surface area contributed by atoms with Crippen molar-refractivity contribution in [1.82, 2.24) is 20.2 Å². The standard InChI is InChI=1S/C29H34N4O4/c1-3-37-24-14-12-22(13-15-24)27(28(34)32-23-9-5-4-6-10-23)33(29(35)26-19-30-16-17-31-26)20-21-8-7-11-25(18-21)36-2/h7-8,11-19,23,27H,3-6,9-10,20H2,1-2H3,(H,32,34)/t27-/m0/s1. The maximum Gasteiger partial charge on any atom is 0.275 e. The molecule has 194 valence electrons. The SMILES string of the molecule is CCOc1ccc([C@@H](C(=O)NC2CCCCC2)N(Cc2cccc(OC)c2)C(=O)c2cnccn2)cc1. The second kappa shape index (κ2) is 12.9. The van der Waals surface area contributed by atoms with Crippen molar-refractivity contribution in [1.29, 1.82) is 0 Å². The predicted molar refractivity (Wildman–Crippen MR) is 140 cm³/mol. The predicted octanol–water partition coefficient (Wildman–Crippen LogP) is 4.72. The molecule has 4 rings (SSSR count). The largest absolute Gasteiger partial charge is 0.497 e. The maximum atomic E-state index is 13.9. The molecular weight excluding hydrogens is 468 g/mol. The highest BCUT2D eigenvalue weighted by Crippen LogP contribution is 2.29. The van der Waals surface area contributed by atoms with E-state index in [1.54, 1.807) is 12.0 Å². The summed E-state index contributed by atoms with van der Waals surface area (Å²) in [7, 11) is 1.60. The van der Waals surface area contributed by atoms with Gasteiger partial charge in [-0.1, -0.05) is 43.5 Å². The number of carbonyl (C=O) groups excluding carboxylic acids is 2. The van der Waals surface area contributed by atoms with Gasteiger partial charge in [0.25, 0.3) is 5.91 Å². The lowest BCUT2D eigenvalue weighted by Gasteiger charge is -2.33. The Morgan fingerprint density at radius 1 is 1.05 bits per heavy atom. The van der Waals surface area contributed by atoms with Gasteiger partial charge in [0.1, 0.15) is 23.2 Å². The number of ether oxygens (including phenoxy) is 2. The van der Waals surface area contributed by atoms with Gasteiger partial charge in [0, 0.05) is 25.0 Å². The van der Waals surface area contributed by atoms with Gasteiger partial charge < -0.3 is 19.7 Å². The number of rotatable bonds is 10. The van der Waals surface area contributed by atoms with Crippen molar-refractivity contribution in [2.45, 2.75) is 57.7 Å². The van der Waals surface area contributed by atoms with Crippen molar-refractivity contribution in [3.05, 3.63) is 83.9 Å². The smallest absolute Gasteiger partial charge is 0.275 e. The number of nitrogens with zero attached hydrogens (tertiary/aromatic N) is 3. The third-order valence-corrected chi connectivity index (χ3v) is 6.55. The third kappa shape index (κ3) is 6.84. The van der Waals surface area contributed by atoms with E-state index in [-0.39, 0.29) is 30.1 Å². The van der Waals surface area contributed by atoms with Crippen LogP contribution in [0.2, 0.25) is 0 Å². The van der Waals surface area contributed by atoms with Crippen molar-refractivity contribution in [3.8, 4) is 11.5 Å². The second-order valence-corrected chi connectivity index (χ2v) is 9.12. The molecule has 1 heterocycles. The molecule has 3 aromatic rings. The van der Waals surface area contributed by atoms with Crippen LogP contribution in [-0.2, 0) is 11.3 Å². The number of aromatic nitrogens is 2. The number of carbonyl (C=O) groups is 2. The van der Waals surface area contributed by atoms with E-state index in [9.17, 15) is 9.59 Å². The van der Waals surface area contributed by atoms with Crippen LogP contribution in [0, 0.1) is 0 Å². The number of hydrogen-bond acceptors (Lipinski definition) is 6. The first-order valence-corrected chi connectivity index (χ1v) is 12.8. The van der Waals surface area contributed by atoms with Gasteiger partial charge in [-0.05, 0) is 55.2 Å². The van der Waals surface area contributed by atoms with Gasteiger partial charge in [0.2, 0.25) is 5.91 Å². The summed E-state index contributed by atoms with van der Waals surface area (Å²) in [6.45, 7) is 2.64. The van der Waals surface area contributed by atoms with Gasteiger partial charge in [0.15, 0.2) is 0 Å². The fraction of sp³-hybridized carbons (Fsp3) is 0.379. The van der Waals surface area contributed by atoms with E-state index in [4.69, 9.17) is 9.47 Å². The minimum Gasteiger partial charge on any atom is -0.497 e. The van der Waals surface area contributed by atoms with Gasteiger partial charge in [-0.25, -0.2) is 4.98 Å². The Bertz CT molecular complexity index is 1160. The Labute approximate surface area is 218 Å². The molecular formula is C29H34N4O4. The molecule has 0 spiro atoms. The van der Waals surface area contributed by atoms with E-state index in [1.165, 1.54) is 25.0 Å². The van der Waals surface area contributed by atoms with E-state index in [0.29, 0.717) is 23.7 Å². The zero-order valence-electron chi connectivity index (χ0n) is 21.4. The highest BCUT2D eigenvalue weighted by molar-refractivity contribution is 5.96. The first-order chi connectivity index (χ1) is 18.1. The Morgan fingerprint density at radius 2 is 1.84 bits per heavy atom. The third-order valence-electron chi connectivity index (χ3n) is 6.55. The first-order valence-electron chi connectivity index (χ1n) is 12.8. The van der Waals surface area contributed by atoms with Crippen LogP contribution in [0.25, 0.3) is 0 Å². The summed E-state index contributed by atoms with van der Waals surface area (Å²) >= 11 is 0. The normalized spacial score (nSPS) is 14.4. The van der Waals surface area contributed by atoms with Crippen LogP contribution in [-0.4, -0.2) is 46.4 Å². The molecule has 1 aliphatic carbocycles. The molecule has 1 N–H and O–H groups in total. The van der Waals surface area contributed by atoms with Crippen molar-refractivity contribution in [3.63, 3.8) is 0 Å². The van der Waals surface area contributed by atoms with Gasteiger partial charge in [-0.15, -0.1) is 0 Å². The van der Waals surface area contributed by atoms with Crippen LogP contribution in [0.5, 0.6) is 11.5 Å². The summed E-state index contributed by atoms with van der Waals surface area (Å²) < 4.78 is 11.0. The molecule has 8 heteroatoms. The summed E-state index contributed by atoms with van der Waals surface area (Å²) in [5, 5.41) is 3.23. The van der Waals surface area contributed by atoms with Crippen LogP contribution in [0.15, 0.2) is 67.1 Å². The molecule has 0 radical (unpaired) electrons. The molecule has 1 fully saturated rings. The zero-order valence-corrected chi connectivity index (χ0v) is 21.4. The van der Waals surface area contributed by atoms with Crippen molar-refractivity contribution in [2.75, 3.05) is 13.7 Å². The van der Waals surface area contributed by atoms with E-state index < -0.39 is 6.04 Å². The minimum atomic E-state index is -0.877. The number of amides is 2. The molecule has 1 atom stereocenters. The van der Waals surface area contributed by atoms with Crippen LogP contribution in [0.4, 0.5) is 0 Å². The molecule has 37 heavy (non-hydrogen) atoms. The average molecular weight is 503 g/mol. The fourth-order valence-electron chi connectivity index (χ4n) is 4.72. The molecule has 0 aliphatic heterocycles. The molecule has 0 saturated heterocycles. The van der Waals surface area contributed by atoms with Crippen LogP contribution in [0.3, 0.4) is 0 Å². The van der Waals surface area contributed by atoms with Gasteiger partial charge in [-0.2, -0.15) is 0 Å². The lowest BCUT2D eigenvalue weighted by atomic mass is 9.94. The summed E-state index contributed by atoms with van der Waals surface area (Å²) in [6.07, 6.45) is 9.66. The molecule has 0 bridgehead atoms. The summed E-state index contributed by atoms with van der Waals surface area (Å²) in [5.74, 6) is 0.788. The van der Waals surface area contributed by atoms with E-state index in [2.05, 4.69) is 15.3 Å². The van der Waals surface area contributed by atoms with Crippen molar-refractivity contribution < 1.29 is 19.1 Å². The molecule has 8 nitrogen and oxygen atoms in total. The van der Waals surface area contributed by atoms with Crippen LogP contribution < -0.4 is 14.8 Å². The topological polar surface area (TPSA) is 93.7 Å². The first kappa shape index (κ1) is 26.1. The Balaban J connectivity index is 1.74. The minimum absolute atomic E-state index is 0.0942. The molecule has 2 amide bonds. The number of nitrogens with one attached hydrogen (secondary N) is 1. The summed E-state index contributed by atoms with van der Waals surface area (Å²) in [6, 6.07) is 14.1. The van der Waals surface area contributed by atoms with Gasteiger partial charge in [0.05, 0.1) is 19.9 Å². The number of methoxy groups -OCH3 is 1. The number of hydrogen-bond donors (Lipinski definition) is 1. The van der Waals surface area contributed by atoms with Crippen molar-refractivity contribution in [2.24, 2.45) is 0 Å². The highest BCUT2D eigenvalue weighted by Gasteiger charge is 2.34. The van der Waals surface area contributed by atoms with Crippen LogP contribution in [0.1, 0.15) is 66.7 Å². The van der Waals surface area contributed by atoms with Crippen molar-refractivity contribution >= 4 is 11.8 Å². The molecule has 2 aromatic carbocycles. The fourth-order valence-corrected chi connectivity index (χ4v) is 4.72. The van der Waals surface area contributed by atoms with Crippen LogP contribution >= 0.6 is 0 Å². The molecule has 1 aliphatic rings. The maximum absolute atomic E-state index is 13.9. The Hall–Kier alpha value is -3.94. The molecule has 1 saturated carbocycles. The zero-order chi connectivity index (χ0) is 26.0.